The van der Waals surface area contributed by atoms with Gasteiger partial charge in [0, 0.05) is 19.0 Å². The molecule has 0 unspecified atom stereocenters. The molecule has 0 saturated carbocycles. The van der Waals surface area contributed by atoms with Crippen LogP contribution >= 0.6 is 0 Å². The van der Waals surface area contributed by atoms with Crippen LogP contribution in [0.3, 0.4) is 0 Å². The highest BCUT2D eigenvalue weighted by molar-refractivity contribution is 5.79. The maximum absolute atomic E-state index is 12.6. The van der Waals surface area contributed by atoms with Gasteiger partial charge in [0.1, 0.15) is 5.75 Å². The molecule has 1 aromatic rings. The third kappa shape index (κ3) is 5.25. The van der Waals surface area contributed by atoms with Crippen LogP contribution in [0, 0.1) is 5.92 Å². The second-order valence-corrected chi connectivity index (χ2v) is 8.22. The average molecular weight is 389 g/mol. The maximum Gasteiger partial charge on any atom is 0.260 e. The molecule has 2 amide bonds. The number of fused-ring (bicyclic) bond motifs is 1. The molecule has 1 heterocycles. The van der Waals surface area contributed by atoms with Crippen molar-refractivity contribution in [3.63, 3.8) is 0 Å². The largest absolute Gasteiger partial charge is 0.484 e. The molecule has 0 radical (unpaired) electrons. The molecule has 1 aliphatic heterocycles. The summed E-state index contributed by atoms with van der Waals surface area (Å²) in [5.74, 6) is 0.462. The van der Waals surface area contributed by atoms with Gasteiger partial charge in [-0.3, -0.25) is 9.59 Å². The SMILES string of the molecule is CC(C)C(=O)N[C@H]1CCN(C(=O)COc2ccc3c(c2)CCCC3)CC[C@@H]1O. The lowest BCUT2D eigenvalue weighted by atomic mass is 9.92. The number of aliphatic hydroxyl groups excluding tert-OH is 1. The summed E-state index contributed by atoms with van der Waals surface area (Å²) < 4.78 is 5.75. The smallest absolute Gasteiger partial charge is 0.260 e. The van der Waals surface area contributed by atoms with Gasteiger partial charge in [-0.2, -0.15) is 0 Å². The van der Waals surface area contributed by atoms with Crippen molar-refractivity contribution in [1.29, 1.82) is 0 Å². The summed E-state index contributed by atoms with van der Waals surface area (Å²) in [5, 5.41) is 13.2. The number of hydrogen-bond acceptors (Lipinski definition) is 4. The van der Waals surface area contributed by atoms with E-state index in [4.69, 9.17) is 4.74 Å². The number of aryl methyl sites for hydroxylation is 2. The highest BCUT2D eigenvalue weighted by atomic mass is 16.5. The van der Waals surface area contributed by atoms with Crippen molar-refractivity contribution < 1.29 is 19.4 Å². The number of rotatable bonds is 5. The van der Waals surface area contributed by atoms with Gasteiger partial charge in [0.05, 0.1) is 12.1 Å². The van der Waals surface area contributed by atoms with Crippen LogP contribution in [-0.4, -0.2) is 53.7 Å². The highest BCUT2D eigenvalue weighted by Crippen LogP contribution is 2.25. The quantitative estimate of drug-likeness (QED) is 0.809. The van der Waals surface area contributed by atoms with Crippen LogP contribution < -0.4 is 10.1 Å². The Kier molecular flexibility index (Phi) is 6.94. The molecular formula is C22H32N2O4. The summed E-state index contributed by atoms with van der Waals surface area (Å²) in [7, 11) is 0. The van der Waals surface area contributed by atoms with Crippen molar-refractivity contribution in [2.75, 3.05) is 19.7 Å². The lowest BCUT2D eigenvalue weighted by molar-refractivity contribution is -0.133. The van der Waals surface area contributed by atoms with E-state index >= 15 is 0 Å². The molecule has 2 N–H and O–H groups in total. The Balaban J connectivity index is 1.51. The molecule has 6 heteroatoms. The first-order valence-corrected chi connectivity index (χ1v) is 10.4. The third-order valence-corrected chi connectivity index (χ3v) is 5.76. The van der Waals surface area contributed by atoms with E-state index in [0.717, 1.165) is 18.6 Å². The van der Waals surface area contributed by atoms with E-state index < -0.39 is 6.10 Å². The summed E-state index contributed by atoms with van der Waals surface area (Å²) in [4.78, 5) is 26.2. The van der Waals surface area contributed by atoms with Crippen molar-refractivity contribution in [3.05, 3.63) is 29.3 Å². The fraction of sp³-hybridized carbons (Fsp3) is 0.636. The van der Waals surface area contributed by atoms with Gasteiger partial charge in [0.15, 0.2) is 6.61 Å². The van der Waals surface area contributed by atoms with Crippen molar-refractivity contribution in [3.8, 4) is 5.75 Å². The molecule has 6 nitrogen and oxygen atoms in total. The average Bonchev–Trinajstić information content (AvgIpc) is 2.88. The molecule has 0 aromatic heterocycles. The Bertz CT molecular complexity index is 704. The van der Waals surface area contributed by atoms with E-state index in [1.54, 1.807) is 4.90 Å². The van der Waals surface area contributed by atoms with Crippen molar-refractivity contribution in [2.24, 2.45) is 5.92 Å². The second-order valence-electron chi connectivity index (χ2n) is 8.22. The number of hydrogen-bond donors (Lipinski definition) is 2. The van der Waals surface area contributed by atoms with Gasteiger partial charge in [-0.15, -0.1) is 0 Å². The van der Waals surface area contributed by atoms with E-state index in [9.17, 15) is 14.7 Å². The Morgan fingerprint density at radius 1 is 1.18 bits per heavy atom. The van der Waals surface area contributed by atoms with Crippen LogP contribution in [-0.2, 0) is 22.4 Å². The molecule has 0 spiro atoms. The molecule has 2 aliphatic rings. The van der Waals surface area contributed by atoms with Crippen LogP contribution in [0.5, 0.6) is 5.75 Å². The Morgan fingerprint density at radius 3 is 2.64 bits per heavy atom. The summed E-state index contributed by atoms with van der Waals surface area (Å²) >= 11 is 0. The number of carbonyl (C=O) groups excluding carboxylic acids is 2. The molecular weight excluding hydrogens is 356 g/mol. The standard InChI is InChI=1S/C22H32N2O4/c1-15(2)22(27)23-19-9-11-24(12-10-20(19)25)21(26)14-28-18-8-7-16-5-3-4-6-17(16)13-18/h7-8,13,15,19-20,25H,3-6,9-12,14H2,1-2H3,(H,23,27)/t19-,20-/m0/s1. The van der Waals surface area contributed by atoms with E-state index in [1.807, 2.05) is 19.9 Å². The van der Waals surface area contributed by atoms with Crippen LogP contribution in [0.25, 0.3) is 0 Å². The van der Waals surface area contributed by atoms with E-state index in [-0.39, 0.29) is 30.4 Å². The predicted molar refractivity (Wildman–Crippen MR) is 107 cm³/mol. The molecule has 1 aliphatic carbocycles. The predicted octanol–water partition coefficient (Wildman–Crippen LogP) is 2.07. The summed E-state index contributed by atoms with van der Waals surface area (Å²) in [6.07, 6.45) is 5.01. The Hall–Kier alpha value is -2.08. The normalized spacial score (nSPS) is 22.4. The van der Waals surface area contributed by atoms with E-state index in [0.29, 0.717) is 25.9 Å². The first kappa shape index (κ1) is 20.6. The zero-order chi connectivity index (χ0) is 20.1. The number of carbonyl (C=O) groups is 2. The zero-order valence-corrected chi connectivity index (χ0v) is 16.9. The summed E-state index contributed by atoms with van der Waals surface area (Å²) in [6.45, 7) is 4.63. The molecule has 2 atom stereocenters. The molecule has 0 bridgehead atoms. The molecule has 1 saturated heterocycles. The van der Waals surface area contributed by atoms with Crippen molar-refractivity contribution >= 4 is 11.8 Å². The number of nitrogens with one attached hydrogen (secondary N) is 1. The van der Waals surface area contributed by atoms with Crippen molar-refractivity contribution in [1.82, 2.24) is 10.2 Å². The molecule has 28 heavy (non-hydrogen) atoms. The fourth-order valence-corrected chi connectivity index (χ4v) is 3.89. The number of amides is 2. The molecule has 154 valence electrons. The van der Waals surface area contributed by atoms with Gasteiger partial charge >= 0.3 is 0 Å². The number of benzene rings is 1. The van der Waals surface area contributed by atoms with Gasteiger partial charge in [0.2, 0.25) is 5.91 Å². The van der Waals surface area contributed by atoms with Gasteiger partial charge in [-0.1, -0.05) is 19.9 Å². The number of nitrogens with zero attached hydrogens (tertiary/aromatic N) is 1. The Morgan fingerprint density at radius 2 is 1.89 bits per heavy atom. The minimum absolute atomic E-state index is 0.00208. The summed E-state index contributed by atoms with van der Waals surface area (Å²) in [5.41, 5.74) is 2.72. The van der Waals surface area contributed by atoms with Gasteiger partial charge in [-0.05, 0) is 61.8 Å². The fourth-order valence-electron chi connectivity index (χ4n) is 3.89. The lowest BCUT2D eigenvalue weighted by Gasteiger charge is -2.22. The first-order chi connectivity index (χ1) is 13.4. The molecule has 3 rings (SSSR count). The van der Waals surface area contributed by atoms with Crippen LogP contribution in [0.15, 0.2) is 18.2 Å². The van der Waals surface area contributed by atoms with Crippen LogP contribution in [0.2, 0.25) is 0 Å². The zero-order valence-electron chi connectivity index (χ0n) is 16.9. The number of likely N-dealkylation sites (tertiary alicyclic amines) is 1. The van der Waals surface area contributed by atoms with E-state index in [1.165, 1.54) is 24.0 Å². The minimum Gasteiger partial charge on any atom is -0.484 e. The minimum atomic E-state index is -0.637. The third-order valence-electron chi connectivity index (χ3n) is 5.76. The topological polar surface area (TPSA) is 78.9 Å². The van der Waals surface area contributed by atoms with Gasteiger partial charge in [-0.25, -0.2) is 0 Å². The Labute approximate surface area is 167 Å². The van der Waals surface area contributed by atoms with Crippen LogP contribution in [0.1, 0.15) is 50.7 Å². The highest BCUT2D eigenvalue weighted by Gasteiger charge is 2.28. The van der Waals surface area contributed by atoms with Crippen LogP contribution in [0.4, 0.5) is 0 Å². The monoisotopic (exact) mass is 388 g/mol. The molecule has 1 fully saturated rings. The van der Waals surface area contributed by atoms with Gasteiger partial charge in [0.25, 0.3) is 5.91 Å². The first-order valence-electron chi connectivity index (χ1n) is 10.4. The number of ether oxygens (including phenoxy) is 1. The van der Waals surface area contributed by atoms with E-state index in [2.05, 4.69) is 17.4 Å². The number of aliphatic hydroxyl groups is 1. The summed E-state index contributed by atoms with van der Waals surface area (Å²) in [6, 6.07) is 5.81. The maximum atomic E-state index is 12.6. The lowest BCUT2D eigenvalue weighted by Crippen LogP contribution is -2.44. The molecule has 1 aromatic carbocycles. The van der Waals surface area contributed by atoms with Crippen molar-refractivity contribution in [2.45, 2.75) is 64.5 Å². The van der Waals surface area contributed by atoms with Gasteiger partial charge < -0.3 is 20.1 Å². The second kappa shape index (κ2) is 9.41.